The number of hydrogen-bond acceptors (Lipinski definition) is 5. The highest BCUT2D eigenvalue weighted by Gasteiger charge is 2.33. The van der Waals surface area contributed by atoms with E-state index in [0.717, 1.165) is 38.8 Å². The number of Topliss-reactive ketones (excluding diaryl/α,β-unsaturated/α-hetero) is 1. The van der Waals surface area contributed by atoms with E-state index in [9.17, 15) is 4.79 Å². The van der Waals surface area contributed by atoms with Gasteiger partial charge < -0.3 is 14.2 Å². The number of fused-ring (bicyclic) bond motifs is 2. The van der Waals surface area contributed by atoms with Gasteiger partial charge in [-0.05, 0) is 43.7 Å². The van der Waals surface area contributed by atoms with Crippen molar-refractivity contribution in [2.24, 2.45) is 0 Å². The predicted molar refractivity (Wildman–Crippen MR) is 128 cm³/mol. The van der Waals surface area contributed by atoms with Crippen LogP contribution in [0.5, 0.6) is 17.2 Å². The lowest BCUT2D eigenvalue weighted by Crippen LogP contribution is -2.32. The number of carbonyl (C=O) groups excluding carboxylic acids is 1. The largest absolute Gasteiger partial charge is 0.493 e. The number of benzene rings is 3. The van der Waals surface area contributed by atoms with Crippen LogP contribution in [0.15, 0.2) is 60.4 Å². The first-order valence-corrected chi connectivity index (χ1v) is 11.3. The Balaban J connectivity index is 1.43. The van der Waals surface area contributed by atoms with Crippen LogP contribution in [0.25, 0.3) is 6.08 Å². The van der Waals surface area contributed by atoms with E-state index < -0.39 is 0 Å². The fourth-order valence-corrected chi connectivity index (χ4v) is 4.49. The number of rotatable bonds is 5. The maximum atomic E-state index is 13.2. The molecule has 0 bridgehead atoms. The molecule has 0 amide bonds. The summed E-state index contributed by atoms with van der Waals surface area (Å²) in [7, 11) is 0. The highest BCUT2D eigenvalue weighted by atomic mass is 35.5. The summed E-state index contributed by atoms with van der Waals surface area (Å²) in [6, 6.07) is 17.3. The first kappa shape index (κ1) is 21.6. The summed E-state index contributed by atoms with van der Waals surface area (Å²) in [5.74, 6) is 2.22. The summed E-state index contributed by atoms with van der Waals surface area (Å²) in [6.07, 6.45) is 1.75. The smallest absolute Gasteiger partial charge is 0.231 e. The first-order chi connectivity index (χ1) is 16.0. The molecular formula is C27H24ClNO4. The van der Waals surface area contributed by atoms with Crippen LogP contribution in [0.1, 0.15) is 39.5 Å². The van der Waals surface area contributed by atoms with E-state index in [4.69, 9.17) is 25.8 Å². The van der Waals surface area contributed by atoms with Crippen molar-refractivity contribution >= 4 is 23.5 Å². The Morgan fingerprint density at radius 3 is 2.73 bits per heavy atom. The third-order valence-corrected chi connectivity index (χ3v) is 6.23. The van der Waals surface area contributed by atoms with E-state index in [0.29, 0.717) is 37.7 Å². The quantitative estimate of drug-likeness (QED) is 0.435. The van der Waals surface area contributed by atoms with Gasteiger partial charge in [-0.3, -0.25) is 9.69 Å². The van der Waals surface area contributed by atoms with Gasteiger partial charge in [0.05, 0.1) is 12.2 Å². The van der Waals surface area contributed by atoms with Crippen LogP contribution in [-0.4, -0.2) is 24.0 Å². The monoisotopic (exact) mass is 461 g/mol. The molecule has 3 aromatic rings. The number of ether oxygens (including phenoxy) is 3. The van der Waals surface area contributed by atoms with Crippen molar-refractivity contribution in [1.82, 2.24) is 4.90 Å². The molecule has 0 radical (unpaired) electrons. The Hall–Kier alpha value is -3.28. The van der Waals surface area contributed by atoms with E-state index in [2.05, 4.69) is 4.90 Å². The summed E-state index contributed by atoms with van der Waals surface area (Å²) >= 11 is 6.33. The maximum Gasteiger partial charge on any atom is 0.231 e. The van der Waals surface area contributed by atoms with E-state index >= 15 is 0 Å². The molecule has 0 fully saturated rings. The zero-order chi connectivity index (χ0) is 22.9. The second-order valence-electron chi connectivity index (χ2n) is 8.13. The van der Waals surface area contributed by atoms with Crippen LogP contribution in [0.4, 0.5) is 0 Å². The fourth-order valence-electron chi connectivity index (χ4n) is 4.29. The number of hydrogen-bond donors (Lipinski definition) is 0. The zero-order valence-corrected chi connectivity index (χ0v) is 19.3. The molecule has 0 atom stereocenters. The van der Waals surface area contributed by atoms with Gasteiger partial charge in [-0.15, -0.1) is 0 Å². The molecule has 0 saturated heterocycles. The van der Waals surface area contributed by atoms with Crippen LogP contribution in [-0.2, 0) is 13.1 Å². The normalized spacial score (nSPS) is 16.2. The molecule has 2 aliphatic heterocycles. The molecule has 0 aromatic heterocycles. The third-order valence-electron chi connectivity index (χ3n) is 5.86. The van der Waals surface area contributed by atoms with Crippen molar-refractivity contribution in [3.8, 4) is 17.2 Å². The van der Waals surface area contributed by atoms with Gasteiger partial charge in [0.25, 0.3) is 0 Å². The van der Waals surface area contributed by atoms with Gasteiger partial charge in [0.15, 0.2) is 5.76 Å². The second kappa shape index (κ2) is 8.93. The molecular weight excluding hydrogens is 438 g/mol. The van der Waals surface area contributed by atoms with Crippen LogP contribution in [0, 0.1) is 6.92 Å². The minimum atomic E-state index is -0.134. The van der Waals surface area contributed by atoms with Gasteiger partial charge in [-0.2, -0.15) is 0 Å². The third kappa shape index (κ3) is 4.10. The maximum absolute atomic E-state index is 13.2. The topological polar surface area (TPSA) is 48.0 Å². The number of nitrogens with zero attached hydrogens (tertiary/aromatic N) is 1. The summed E-state index contributed by atoms with van der Waals surface area (Å²) in [5, 5.41) is 0.735. The lowest BCUT2D eigenvalue weighted by Gasteiger charge is -2.30. The SMILES string of the molecule is CCOc1ccccc1/C=C1\Oc2c(cc3c(c2C)OCN(Cc2ccccc2Cl)C3)C1=O. The highest BCUT2D eigenvalue weighted by molar-refractivity contribution is 6.31. The van der Waals surface area contributed by atoms with Gasteiger partial charge in [-0.25, -0.2) is 0 Å². The molecule has 0 N–H and O–H groups in total. The molecule has 3 aromatic carbocycles. The van der Waals surface area contributed by atoms with Crippen molar-refractivity contribution in [2.75, 3.05) is 13.3 Å². The lowest BCUT2D eigenvalue weighted by atomic mass is 9.99. The molecule has 5 rings (SSSR count). The summed E-state index contributed by atoms with van der Waals surface area (Å²) < 4.78 is 17.8. The molecule has 33 heavy (non-hydrogen) atoms. The minimum Gasteiger partial charge on any atom is -0.493 e. The number of halogens is 1. The fraction of sp³-hybridized carbons (Fsp3) is 0.222. The Morgan fingerprint density at radius 2 is 1.91 bits per heavy atom. The number of allylic oxidation sites excluding steroid dienone is 1. The Bertz CT molecular complexity index is 1270. The Kier molecular flexibility index (Phi) is 5.83. The molecule has 0 saturated carbocycles. The molecule has 6 heteroatoms. The van der Waals surface area contributed by atoms with Crippen LogP contribution < -0.4 is 14.2 Å². The van der Waals surface area contributed by atoms with Crippen molar-refractivity contribution in [3.63, 3.8) is 0 Å². The summed E-state index contributed by atoms with van der Waals surface area (Å²) in [6.45, 7) is 6.18. The van der Waals surface area contributed by atoms with Gasteiger partial charge in [0.2, 0.25) is 5.78 Å². The molecule has 168 valence electrons. The van der Waals surface area contributed by atoms with Crippen LogP contribution in [0.3, 0.4) is 0 Å². The Morgan fingerprint density at radius 1 is 1.12 bits per heavy atom. The first-order valence-electron chi connectivity index (χ1n) is 11.0. The van der Waals surface area contributed by atoms with E-state index in [-0.39, 0.29) is 11.5 Å². The standard InChI is InChI=1S/C27H24ClNO4/c1-3-31-23-11-7-5-8-18(23)13-24-25(30)21-12-20-15-29(14-19-9-4-6-10-22(19)28)16-32-26(20)17(2)27(21)33-24/h4-13H,3,14-16H2,1-2H3/b24-13-. The van der Waals surface area contributed by atoms with Crippen molar-refractivity contribution in [2.45, 2.75) is 26.9 Å². The minimum absolute atomic E-state index is 0.134. The van der Waals surface area contributed by atoms with E-state index in [1.807, 2.05) is 68.4 Å². The lowest BCUT2D eigenvalue weighted by molar-refractivity contribution is 0.0877. The molecule has 0 aliphatic carbocycles. The van der Waals surface area contributed by atoms with E-state index in [1.54, 1.807) is 6.08 Å². The van der Waals surface area contributed by atoms with E-state index in [1.165, 1.54) is 0 Å². The van der Waals surface area contributed by atoms with Crippen molar-refractivity contribution < 1.29 is 19.0 Å². The van der Waals surface area contributed by atoms with Crippen molar-refractivity contribution in [1.29, 1.82) is 0 Å². The van der Waals surface area contributed by atoms with Crippen molar-refractivity contribution in [3.05, 3.63) is 93.2 Å². The molecule has 2 aliphatic rings. The van der Waals surface area contributed by atoms with Crippen LogP contribution in [0.2, 0.25) is 5.02 Å². The predicted octanol–water partition coefficient (Wildman–Crippen LogP) is 6.02. The van der Waals surface area contributed by atoms with Gasteiger partial charge >= 0.3 is 0 Å². The summed E-state index contributed by atoms with van der Waals surface area (Å²) in [5.41, 5.74) is 4.23. The molecule has 2 heterocycles. The highest BCUT2D eigenvalue weighted by Crippen LogP contribution is 2.43. The zero-order valence-electron chi connectivity index (χ0n) is 18.6. The van der Waals surface area contributed by atoms with Gasteiger partial charge in [-0.1, -0.05) is 48.0 Å². The average Bonchev–Trinajstić information content (AvgIpc) is 3.12. The number of ketones is 1. The molecule has 0 spiro atoms. The Labute approximate surface area is 198 Å². The summed E-state index contributed by atoms with van der Waals surface area (Å²) in [4.78, 5) is 15.4. The second-order valence-corrected chi connectivity index (χ2v) is 8.54. The average molecular weight is 462 g/mol. The molecule has 5 nitrogen and oxygen atoms in total. The molecule has 0 unspecified atom stereocenters. The van der Waals surface area contributed by atoms with Crippen LogP contribution >= 0.6 is 11.6 Å². The van der Waals surface area contributed by atoms with Gasteiger partial charge in [0, 0.05) is 34.8 Å². The number of carbonyl (C=O) groups is 1. The number of para-hydroxylation sites is 1. The van der Waals surface area contributed by atoms with Gasteiger partial charge in [0.1, 0.15) is 24.0 Å².